The number of carbonyl (C=O) groups excluding carboxylic acids is 1. The molecule has 2 aromatic rings. The van der Waals surface area contributed by atoms with Gasteiger partial charge in [-0.05, 0) is 28.1 Å². The Morgan fingerprint density at radius 2 is 2.18 bits per heavy atom. The number of carbonyl (C=O) groups is 1. The Morgan fingerprint density at radius 1 is 1.35 bits per heavy atom. The predicted molar refractivity (Wildman–Crippen MR) is 61.9 cm³/mol. The Bertz CT molecular complexity index is 529. The number of halogens is 2. The average Bonchev–Trinajstić information content (AvgIpc) is 2.30. The van der Waals surface area contributed by atoms with Crippen molar-refractivity contribution in [3.05, 3.63) is 46.4 Å². The lowest BCUT2D eigenvalue weighted by Crippen LogP contribution is -2.16. The lowest BCUT2D eigenvalue weighted by atomic mass is 10.2. The lowest BCUT2D eigenvalue weighted by molar-refractivity contribution is 0.102. The van der Waals surface area contributed by atoms with E-state index in [0.29, 0.717) is 4.47 Å². The standard InChI is InChI=1S/C10H6BrFN4O/c11-6-2-1-3-7(12)8(6)9(17)15-10-13-4-5-14-16-10/h1-5H,(H,13,15,16,17). The van der Waals surface area contributed by atoms with E-state index in [2.05, 4.69) is 36.4 Å². The van der Waals surface area contributed by atoms with Gasteiger partial charge in [-0.3, -0.25) is 10.1 Å². The Kier molecular flexibility index (Phi) is 3.38. The molecule has 0 spiro atoms. The van der Waals surface area contributed by atoms with Crippen molar-refractivity contribution < 1.29 is 9.18 Å². The smallest absolute Gasteiger partial charge is 0.262 e. The monoisotopic (exact) mass is 296 g/mol. The number of nitrogens with zero attached hydrogens (tertiary/aromatic N) is 3. The van der Waals surface area contributed by atoms with Gasteiger partial charge in [0.1, 0.15) is 5.82 Å². The number of aromatic nitrogens is 3. The minimum absolute atomic E-state index is 0.0210. The first kappa shape index (κ1) is 11.6. The van der Waals surface area contributed by atoms with E-state index in [0.717, 1.165) is 0 Å². The molecule has 0 radical (unpaired) electrons. The zero-order valence-electron chi connectivity index (χ0n) is 8.39. The van der Waals surface area contributed by atoms with Crippen molar-refractivity contribution in [1.82, 2.24) is 15.2 Å². The maximum atomic E-state index is 13.5. The van der Waals surface area contributed by atoms with Crippen molar-refractivity contribution in [3.8, 4) is 0 Å². The molecule has 1 aromatic heterocycles. The van der Waals surface area contributed by atoms with Crippen LogP contribution in [-0.2, 0) is 0 Å². The van der Waals surface area contributed by atoms with Gasteiger partial charge in [-0.15, -0.1) is 5.10 Å². The number of hydrogen-bond donors (Lipinski definition) is 1. The molecule has 0 aliphatic heterocycles. The van der Waals surface area contributed by atoms with Gasteiger partial charge in [-0.2, -0.15) is 5.10 Å². The van der Waals surface area contributed by atoms with Crippen LogP contribution in [0.5, 0.6) is 0 Å². The average molecular weight is 297 g/mol. The minimum Gasteiger partial charge on any atom is -0.289 e. The van der Waals surface area contributed by atoms with E-state index in [1.807, 2.05) is 0 Å². The second-order valence-electron chi connectivity index (χ2n) is 3.02. The summed E-state index contributed by atoms with van der Waals surface area (Å²) >= 11 is 3.10. The first-order valence-corrected chi connectivity index (χ1v) is 5.37. The first-order valence-electron chi connectivity index (χ1n) is 4.57. The van der Waals surface area contributed by atoms with Crippen LogP contribution in [0.4, 0.5) is 10.3 Å². The van der Waals surface area contributed by atoms with Crippen molar-refractivity contribution in [1.29, 1.82) is 0 Å². The highest BCUT2D eigenvalue weighted by atomic mass is 79.9. The minimum atomic E-state index is -0.636. The Labute approximate surface area is 104 Å². The maximum absolute atomic E-state index is 13.5. The van der Waals surface area contributed by atoms with Gasteiger partial charge < -0.3 is 0 Å². The molecule has 2 rings (SSSR count). The van der Waals surface area contributed by atoms with Gasteiger partial charge in [0.15, 0.2) is 0 Å². The van der Waals surface area contributed by atoms with Crippen molar-refractivity contribution in [2.45, 2.75) is 0 Å². The number of benzene rings is 1. The highest BCUT2D eigenvalue weighted by Crippen LogP contribution is 2.20. The van der Waals surface area contributed by atoms with Crippen LogP contribution in [0, 0.1) is 5.82 Å². The normalized spacial score (nSPS) is 10.0. The van der Waals surface area contributed by atoms with Gasteiger partial charge in [0.05, 0.1) is 18.0 Å². The summed E-state index contributed by atoms with van der Waals surface area (Å²) in [6.45, 7) is 0. The van der Waals surface area contributed by atoms with Gasteiger partial charge in [0, 0.05) is 4.47 Å². The summed E-state index contributed by atoms with van der Waals surface area (Å²) in [7, 11) is 0. The molecule has 86 valence electrons. The molecule has 0 atom stereocenters. The van der Waals surface area contributed by atoms with Gasteiger partial charge in [-0.25, -0.2) is 9.37 Å². The molecule has 1 heterocycles. The molecule has 0 aliphatic rings. The molecule has 0 saturated heterocycles. The van der Waals surface area contributed by atoms with E-state index in [9.17, 15) is 9.18 Å². The van der Waals surface area contributed by atoms with E-state index < -0.39 is 11.7 Å². The summed E-state index contributed by atoms with van der Waals surface area (Å²) < 4.78 is 13.8. The predicted octanol–water partition coefficient (Wildman–Crippen LogP) is 2.03. The Balaban J connectivity index is 2.27. The molecule has 1 amide bonds. The summed E-state index contributed by atoms with van der Waals surface area (Å²) in [5.74, 6) is -1.24. The second-order valence-corrected chi connectivity index (χ2v) is 3.87. The number of hydrogen-bond acceptors (Lipinski definition) is 4. The Hall–Kier alpha value is -1.89. The zero-order valence-corrected chi connectivity index (χ0v) is 9.98. The topological polar surface area (TPSA) is 67.8 Å². The molecule has 0 unspecified atom stereocenters. The van der Waals surface area contributed by atoms with E-state index in [1.165, 1.54) is 24.5 Å². The van der Waals surface area contributed by atoms with E-state index >= 15 is 0 Å². The third-order valence-corrected chi connectivity index (χ3v) is 2.56. The molecule has 0 saturated carbocycles. The van der Waals surface area contributed by atoms with Crippen LogP contribution in [0.15, 0.2) is 35.1 Å². The largest absolute Gasteiger partial charge is 0.289 e. The summed E-state index contributed by atoms with van der Waals surface area (Å²) in [4.78, 5) is 15.5. The van der Waals surface area contributed by atoms with Crippen molar-refractivity contribution in [2.24, 2.45) is 0 Å². The van der Waals surface area contributed by atoms with Gasteiger partial charge in [0.2, 0.25) is 5.95 Å². The van der Waals surface area contributed by atoms with Crippen LogP contribution < -0.4 is 5.32 Å². The third-order valence-electron chi connectivity index (χ3n) is 1.90. The molecule has 0 bridgehead atoms. The van der Waals surface area contributed by atoms with Crippen LogP contribution in [0.25, 0.3) is 0 Å². The first-order chi connectivity index (χ1) is 8.18. The van der Waals surface area contributed by atoms with E-state index in [4.69, 9.17) is 0 Å². The van der Waals surface area contributed by atoms with Crippen LogP contribution in [0.3, 0.4) is 0 Å². The van der Waals surface area contributed by atoms with Gasteiger partial charge in [0.25, 0.3) is 5.91 Å². The molecular weight excluding hydrogens is 291 g/mol. The fourth-order valence-corrected chi connectivity index (χ4v) is 1.71. The molecule has 17 heavy (non-hydrogen) atoms. The van der Waals surface area contributed by atoms with Crippen LogP contribution in [0.1, 0.15) is 10.4 Å². The molecule has 5 nitrogen and oxygen atoms in total. The van der Waals surface area contributed by atoms with Crippen LogP contribution in [0.2, 0.25) is 0 Å². The molecule has 0 aliphatic carbocycles. The molecule has 7 heteroatoms. The number of rotatable bonds is 2. The summed E-state index contributed by atoms with van der Waals surface area (Å²) in [6.07, 6.45) is 2.74. The molecule has 0 fully saturated rings. The summed E-state index contributed by atoms with van der Waals surface area (Å²) in [6, 6.07) is 4.27. The number of nitrogens with one attached hydrogen (secondary N) is 1. The van der Waals surface area contributed by atoms with Crippen LogP contribution >= 0.6 is 15.9 Å². The van der Waals surface area contributed by atoms with Gasteiger partial charge in [-0.1, -0.05) is 6.07 Å². The number of anilines is 1. The summed E-state index contributed by atoms with van der Waals surface area (Å²) in [5, 5.41) is 9.46. The SMILES string of the molecule is O=C(Nc1nccnn1)c1c(F)cccc1Br. The quantitative estimate of drug-likeness (QED) is 0.921. The fraction of sp³-hybridized carbons (Fsp3) is 0. The van der Waals surface area contributed by atoms with Crippen molar-refractivity contribution in [2.75, 3.05) is 5.32 Å². The molecule has 1 aromatic carbocycles. The maximum Gasteiger partial charge on any atom is 0.262 e. The fourth-order valence-electron chi connectivity index (χ4n) is 1.18. The van der Waals surface area contributed by atoms with E-state index in [1.54, 1.807) is 6.07 Å². The molecule has 1 N–H and O–H groups in total. The lowest BCUT2D eigenvalue weighted by Gasteiger charge is -2.05. The third kappa shape index (κ3) is 2.62. The number of amides is 1. The van der Waals surface area contributed by atoms with Gasteiger partial charge >= 0.3 is 0 Å². The van der Waals surface area contributed by atoms with Crippen LogP contribution in [-0.4, -0.2) is 21.1 Å². The Morgan fingerprint density at radius 3 is 2.82 bits per heavy atom. The van der Waals surface area contributed by atoms with E-state index in [-0.39, 0.29) is 11.5 Å². The second kappa shape index (κ2) is 4.96. The highest BCUT2D eigenvalue weighted by Gasteiger charge is 2.16. The molecular formula is C10H6BrFN4O. The summed E-state index contributed by atoms with van der Waals surface area (Å²) in [5.41, 5.74) is -0.0973. The highest BCUT2D eigenvalue weighted by molar-refractivity contribution is 9.10. The van der Waals surface area contributed by atoms with Crippen molar-refractivity contribution in [3.63, 3.8) is 0 Å². The van der Waals surface area contributed by atoms with Crippen molar-refractivity contribution >= 4 is 27.8 Å². The zero-order chi connectivity index (χ0) is 12.3.